The van der Waals surface area contributed by atoms with E-state index in [-0.39, 0.29) is 11.8 Å². The summed E-state index contributed by atoms with van der Waals surface area (Å²) in [6.45, 7) is 4.20. The molecule has 144 valence electrons. The lowest BCUT2D eigenvalue weighted by molar-refractivity contribution is -0.117. The number of nitrogen functional groups attached to an aromatic ring is 1. The van der Waals surface area contributed by atoms with Gasteiger partial charge in [-0.3, -0.25) is 4.79 Å². The highest BCUT2D eigenvalue weighted by molar-refractivity contribution is 5.96. The average Bonchev–Trinajstić information content (AvgIpc) is 3.07. The lowest BCUT2D eigenvalue weighted by Gasteiger charge is -2.18. The van der Waals surface area contributed by atoms with E-state index in [4.69, 9.17) is 19.9 Å². The Kier molecular flexibility index (Phi) is 6.19. The first-order valence-corrected chi connectivity index (χ1v) is 9.16. The average molecular weight is 370 g/mol. The fourth-order valence-corrected chi connectivity index (χ4v) is 3.29. The quantitative estimate of drug-likeness (QED) is 0.570. The number of ether oxygens (including phenoxy) is 3. The third-order valence-electron chi connectivity index (χ3n) is 4.66. The molecule has 1 amide bonds. The first-order chi connectivity index (χ1) is 13.1. The van der Waals surface area contributed by atoms with E-state index in [9.17, 15) is 4.79 Å². The zero-order valence-corrected chi connectivity index (χ0v) is 15.8. The molecule has 2 aromatic rings. The SMILES string of the molecule is CCOCCOc1cc([C@H]2CC(=O)N(c3cccc(N)c3)C2)ccc1OC. The Labute approximate surface area is 159 Å². The molecule has 2 N–H and O–H groups in total. The highest BCUT2D eigenvalue weighted by Gasteiger charge is 2.32. The van der Waals surface area contributed by atoms with Crippen LogP contribution in [-0.2, 0) is 9.53 Å². The van der Waals surface area contributed by atoms with Crippen LogP contribution < -0.4 is 20.1 Å². The molecule has 0 unspecified atom stereocenters. The molecule has 1 atom stereocenters. The molecule has 1 saturated heterocycles. The zero-order valence-electron chi connectivity index (χ0n) is 15.8. The predicted octanol–water partition coefficient (Wildman–Crippen LogP) is 3.21. The second-order valence-corrected chi connectivity index (χ2v) is 6.46. The Morgan fingerprint density at radius 3 is 2.74 bits per heavy atom. The molecule has 0 radical (unpaired) electrons. The molecule has 1 aliphatic heterocycles. The van der Waals surface area contributed by atoms with E-state index < -0.39 is 0 Å². The molecule has 1 fully saturated rings. The van der Waals surface area contributed by atoms with Crippen molar-refractivity contribution in [1.82, 2.24) is 0 Å². The number of carbonyl (C=O) groups is 1. The van der Waals surface area contributed by atoms with Gasteiger partial charge in [-0.1, -0.05) is 12.1 Å². The number of nitrogens with zero attached hydrogens (tertiary/aromatic N) is 1. The summed E-state index contributed by atoms with van der Waals surface area (Å²) < 4.78 is 16.5. The van der Waals surface area contributed by atoms with Crippen molar-refractivity contribution in [2.75, 3.05) is 44.1 Å². The van der Waals surface area contributed by atoms with Crippen LogP contribution in [0.1, 0.15) is 24.8 Å². The molecule has 6 heteroatoms. The molecule has 1 heterocycles. The Morgan fingerprint density at radius 1 is 1.15 bits per heavy atom. The van der Waals surface area contributed by atoms with Gasteiger partial charge in [-0.05, 0) is 42.8 Å². The smallest absolute Gasteiger partial charge is 0.227 e. The molecule has 0 bridgehead atoms. The number of methoxy groups -OCH3 is 1. The lowest BCUT2D eigenvalue weighted by atomic mass is 9.98. The summed E-state index contributed by atoms with van der Waals surface area (Å²) in [6, 6.07) is 13.3. The number of amides is 1. The fraction of sp³-hybridized carbons (Fsp3) is 0.381. The Balaban J connectivity index is 1.75. The van der Waals surface area contributed by atoms with E-state index in [2.05, 4.69) is 0 Å². The van der Waals surface area contributed by atoms with Gasteiger partial charge in [-0.25, -0.2) is 0 Å². The van der Waals surface area contributed by atoms with Crippen LogP contribution in [0.15, 0.2) is 42.5 Å². The van der Waals surface area contributed by atoms with Gasteiger partial charge in [-0.2, -0.15) is 0 Å². The predicted molar refractivity (Wildman–Crippen MR) is 106 cm³/mol. The monoisotopic (exact) mass is 370 g/mol. The van der Waals surface area contributed by atoms with Gasteiger partial charge in [0.05, 0.1) is 13.7 Å². The summed E-state index contributed by atoms with van der Waals surface area (Å²) in [6.07, 6.45) is 0.458. The topological polar surface area (TPSA) is 74.0 Å². The van der Waals surface area contributed by atoms with Crippen molar-refractivity contribution < 1.29 is 19.0 Å². The van der Waals surface area contributed by atoms with Gasteiger partial charge in [0.25, 0.3) is 0 Å². The molecular weight excluding hydrogens is 344 g/mol. The van der Waals surface area contributed by atoms with Crippen molar-refractivity contribution in [3.8, 4) is 11.5 Å². The summed E-state index contributed by atoms with van der Waals surface area (Å²) in [5.74, 6) is 1.54. The zero-order chi connectivity index (χ0) is 19.2. The third kappa shape index (κ3) is 4.52. The minimum absolute atomic E-state index is 0.0964. The molecule has 2 aromatic carbocycles. The first kappa shape index (κ1) is 19.0. The van der Waals surface area contributed by atoms with Crippen molar-refractivity contribution in [3.63, 3.8) is 0 Å². The molecule has 0 aromatic heterocycles. The summed E-state index contributed by atoms with van der Waals surface area (Å²) in [5, 5.41) is 0. The van der Waals surface area contributed by atoms with Crippen LogP contribution in [0, 0.1) is 0 Å². The molecule has 27 heavy (non-hydrogen) atoms. The van der Waals surface area contributed by atoms with Crippen molar-refractivity contribution in [1.29, 1.82) is 0 Å². The Morgan fingerprint density at radius 2 is 2.00 bits per heavy atom. The normalized spacial score (nSPS) is 16.6. The number of benzene rings is 2. The van der Waals surface area contributed by atoms with E-state index in [0.717, 1.165) is 11.3 Å². The number of carbonyl (C=O) groups excluding carboxylic acids is 1. The Bertz CT molecular complexity index is 794. The lowest BCUT2D eigenvalue weighted by Crippen LogP contribution is -2.24. The van der Waals surface area contributed by atoms with Gasteiger partial charge in [0.2, 0.25) is 5.91 Å². The second kappa shape index (κ2) is 8.77. The van der Waals surface area contributed by atoms with E-state index in [1.807, 2.05) is 49.4 Å². The number of hydrogen-bond acceptors (Lipinski definition) is 5. The van der Waals surface area contributed by atoms with Gasteiger partial charge in [0, 0.05) is 36.9 Å². The number of hydrogen-bond donors (Lipinski definition) is 1. The molecule has 6 nitrogen and oxygen atoms in total. The minimum atomic E-state index is 0.0964. The number of nitrogens with two attached hydrogens (primary N) is 1. The molecule has 0 aliphatic carbocycles. The maximum Gasteiger partial charge on any atom is 0.227 e. The van der Waals surface area contributed by atoms with E-state index in [0.29, 0.717) is 50.0 Å². The molecule has 1 aliphatic rings. The van der Waals surface area contributed by atoms with Crippen LogP contribution in [0.25, 0.3) is 0 Å². The van der Waals surface area contributed by atoms with Crippen LogP contribution in [0.3, 0.4) is 0 Å². The minimum Gasteiger partial charge on any atom is -0.493 e. The first-order valence-electron chi connectivity index (χ1n) is 9.16. The summed E-state index contributed by atoms with van der Waals surface area (Å²) in [4.78, 5) is 14.3. The van der Waals surface area contributed by atoms with Crippen LogP contribution in [0.4, 0.5) is 11.4 Å². The van der Waals surface area contributed by atoms with Gasteiger partial charge >= 0.3 is 0 Å². The third-order valence-corrected chi connectivity index (χ3v) is 4.66. The highest BCUT2D eigenvalue weighted by Crippen LogP contribution is 2.36. The summed E-state index contributed by atoms with van der Waals surface area (Å²) >= 11 is 0. The van der Waals surface area contributed by atoms with Gasteiger partial charge < -0.3 is 24.8 Å². The van der Waals surface area contributed by atoms with Gasteiger partial charge in [0.15, 0.2) is 11.5 Å². The largest absolute Gasteiger partial charge is 0.493 e. The van der Waals surface area contributed by atoms with Crippen LogP contribution in [0.5, 0.6) is 11.5 Å². The summed E-state index contributed by atoms with van der Waals surface area (Å²) in [7, 11) is 1.62. The maximum absolute atomic E-state index is 12.5. The van der Waals surface area contributed by atoms with Crippen LogP contribution in [0.2, 0.25) is 0 Å². The van der Waals surface area contributed by atoms with Gasteiger partial charge in [-0.15, -0.1) is 0 Å². The number of rotatable bonds is 8. The molecule has 3 rings (SSSR count). The summed E-state index contributed by atoms with van der Waals surface area (Å²) in [5.41, 5.74) is 8.40. The van der Waals surface area contributed by atoms with Crippen LogP contribution >= 0.6 is 0 Å². The van der Waals surface area contributed by atoms with Crippen LogP contribution in [-0.4, -0.2) is 39.4 Å². The van der Waals surface area contributed by atoms with E-state index in [1.165, 1.54) is 0 Å². The van der Waals surface area contributed by atoms with Crippen molar-refractivity contribution in [3.05, 3.63) is 48.0 Å². The standard InChI is InChI=1S/C21H26N2O4/c1-3-26-9-10-27-20-11-15(7-8-19(20)25-2)16-12-21(24)23(14-16)18-6-4-5-17(22)13-18/h4-8,11,13,16H,3,9-10,12,14,22H2,1-2H3/t16-/m0/s1. The van der Waals surface area contributed by atoms with Crippen molar-refractivity contribution in [2.45, 2.75) is 19.3 Å². The molecule has 0 saturated carbocycles. The van der Waals surface area contributed by atoms with Crippen molar-refractivity contribution in [2.24, 2.45) is 0 Å². The van der Waals surface area contributed by atoms with E-state index >= 15 is 0 Å². The molecular formula is C21H26N2O4. The van der Waals surface area contributed by atoms with E-state index in [1.54, 1.807) is 12.0 Å². The maximum atomic E-state index is 12.5. The molecule has 0 spiro atoms. The highest BCUT2D eigenvalue weighted by atomic mass is 16.5. The van der Waals surface area contributed by atoms with Crippen molar-refractivity contribution >= 4 is 17.3 Å². The number of anilines is 2. The Hall–Kier alpha value is -2.73. The second-order valence-electron chi connectivity index (χ2n) is 6.46. The fourth-order valence-electron chi connectivity index (χ4n) is 3.29. The van der Waals surface area contributed by atoms with Gasteiger partial charge in [0.1, 0.15) is 6.61 Å².